The molecule has 0 aromatic carbocycles. The van der Waals surface area contributed by atoms with Crippen molar-refractivity contribution < 1.29 is 0 Å². The third-order valence-electron chi connectivity index (χ3n) is 5.08. The topological polar surface area (TPSA) is 107 Å². The number of nitrogens with two attached hydrogens (primary N) is 1. The first-order valence-electron chi connectivity index (χ1n) is 8.45. The van der Waals surface area contributed by atoms with Gasteiger partial charge in [0.25, 0.3) is 5.56 Å². The van der Waals surface area contributed by atoms with Crippen molar-refractivity contribution in [3.63, 3.8) is 0 Å². The summed E-state index contributed by atoms with van der Waals surface area (Å²) in [5, 5.41) is 3.14. The average molecular weight is 331 g/mol. The summed E-state index contributed by atoms with van der Waals surface area (Å²) in [4.78, 5) is 29.9. The number of anilines is 1. The zero-order valence-corrected chi connectivity index (χ0v) is 14.2. The third kappa shape index (κ3) is 3.03. The first kappa shape index (κ1) is 16.6. The molecule has 1 saturated carbocycles. The lowest BCUT2D eigenvalue weighted by Crippen LogP contribution is -2.45. The normalized spacial score (nSPS) is 22.0. The fourth-order valence-corrected chi connectivity index (χ4v) is 3.83. The molecule has 1 unspecified atom stereocenters. The van der Waals surface area contributed by atoms with E-state index < -0.39 is 11.2 Å². The van der Waals surface area contributed by atoms with Gasteiger partial charge in [-0.05, 0) is 36.8 Å². The van der Waals surface area contributed by atoms with E-state index in [0.717, 1.165) is 11.4 Å². The Morgan fingerprint density at radius 2 is 2.04 bits per heavy atom. The van der Waals surface area contributed by atoms with Gasteiger partial charge in [0, 0.05) is 19.8 Å². The monoisotopic (exact) mass is 331 g/mol. The van der Waals surface area contributed by atoms with Crippen LogP contribution in [0.1, 0.15) is 32.6 Å². The van der Waals surface area contributed by atoms with Crippen molar-refractivity contribution >= 4 is 5.69 Å². The van der Waals surface area contributed by atoms with Gasteiger partial charge >= 0.3 is 5.69 Å². The molecule has 0 amide bonds. The third-order valence-corrected chi connectivity index (χ3v) is 5.08. The molecule has 0 spiro atoms. The number of allylic oxidation sites excluding steroid dienone is 2. The molecule has 0 saturated heterocycles. The first-order valence-corrected chi connectivity index (χ1v) is 8.45. The van der Waals surface area contributed by atoms with Crippen LogP contribution in [0.3, 0.4) is 0 Å². The van der Waals surface area contributed by atoms with Crippen LogP contribution in [0.2, 0.25) is 0 Å². The average Bonchev–Trinajstić information content (AvgIpc) is 3.07. The zero-order valence-electron chi connectivity index (χ0n) is 14.2. The molecule has 2 aliphatic rings. The number of likely N-dealkylation sites (N-methyl/N-ethyl adjacent to an activating group) is 1. The molecule has 1 aliphatic heterocycles. The Hall–Kier alpha value is -2.28. The van der Waals surface area contributed by atoms with Crippen molar-refractivity contribution in [1.29, 1.82) is 0 Å². The van der Waals surface area contributed by atoms with Crippen LogP contribution >= 0.6 is 0 Å². The van der Waals surface area contributed by atoms with Crippen molar-refractivity contribution in [1.82, 2.24) is 14.9 Å². The van der Waals surface area contributed by atoms with E-state index in [1.807, 2.05) is 14.0 Å². The molecular formula is C17H25N5O2. The Kier molecular flexibility index (Phi) is 4.62. The molecule has 5 N–H and O–H groups in total. The highest BCUT2D eigenvalue weighted by molar-refractivity contribution is 5.49. The van der Waals surface area contributed by atoms with Crippen LogP contribution in [0, 0.1) is 5.92 Å². The maximum atomic E-state index is 11.9. The molecule has 130 valence electrons. The van der Waals surface area contributed by atoms with Crippen LogP contribution in [-0.2, 0) is 0 Å². The number of nitrogens with one attached hydrogen (secondary N) is 3. The molecule has 1 aromatic rings. The van der Waals surface area contributed by atoms with E-state index in [1.54, 1.807) is 0 Å². The summed E-state index contributed by atoms with van der Waals surface area (Å²) in [7, 11) is 1.99. The summed E-state index contributed by atoms with van der Waals surface area (Å²) in [6.45, 7) is 2.56. The second-order valence-corrected chi connectivity index (χ2v) is 6.63. The van der Waals surface area contributed by atoms with Gasteiger partial charge in [-0.1, -0.05) is 18.9 Å². The number of aromatic amines is 2. The van der Waals surface area contributed by atoms with Crippen molar-refractivity contribution in [2.45, 2.75) is 38.6 Å². The minimum absolute atomic E-state index is 0.126. The minimum Gasteiger partial charge on any atom is -0.353 e. The summed E-state index contributed by atoms with van der Waals surface area (Å²) in [6, 6.07) is 0.126. The van der Waals surface area contributed by atoms with Crippen LogP contribution in [0.5, 0.6) is 0 Å². The molecule has 1 fully saturated rings. The summed E-state index contributed by atoms with van der Waals surface area (Å²) >= 11 is 0. The Labute approximate surface area is 140 Å². The van der Waals surface area contributed by atoms with Crippen LogP contribution in [-0.4, -0.2) is 34.5 Å². The lowest BCUT2D eigenvalue weighted by molar-refractivity contribution is 0.316. The standard InChI is InChI=1S/C17H25N5O2/c1-10-7-12(11-5-3-4-6-11)14(8-18)22(2)15(10)20-13-9-19-17(24)21-16(13)23/h7,9,11,14,20H,3-6,8,18H2,1-2H3,(H2,19,21,23,24). The zero-order chi connectivity index (χ0) is 17.3. The van der Waals surface area contributed by atoms with E-state index in [-0.39, 0.29) is 6.04 Å². The Bertz CT molecular complexity index is 783. The van der Waals surface area contributed by atoms with Crippen molar-refractivity contribution in [3.8, 4) is 0 Å². The molecule has 0 bridgehead atoms. The van der Waals surface area contributed by atoms with Crippen molar-refractivity contribution in [2.24, 2.45) is 11.7 Å². The van der Waals surface area contributed by atoms with Crippen molar-refractivity contribution in [2.75, 3.05) is 18.9 Å². The van der Waals surface area contributed by atoms with Gasteiger partial charge in [-0.25, -0.2) is 4.79 Å². The minimum atomic E-state index is -0.517. The van der Waals surface area contributed by atoms with Gasteiger partial charge in [-0.3, -0.25) is 9.78 Å². The fourth-order valence-electron chi connectivity index (χ4n) is 3.83. The summed E-state index contributed by atoms with van der Waals surface area (Å²) in [6.07, 6.45) is 8.63. The van der Waals surface area contributed by atoms with Gasteiger partial charge in [0.15, 0.2) is 0 Å². The van der Waals surface area contributed by atoms with E-state index in [0.29, 0.717) is 18.2 Å². The molecule has 3 rings (SSSR count). The lowest BCUT2D eigenvalue weighted by atomic mass is 9.86. The molecular weight excluding hydrogens is 306 g/mol. The summed E-state index contributed by atoms with van der Waals surface area (Å²) in [5.74, 6) is 1.44. The quantitative estimate of drug-likeness (QED) is 0.661. The Morgan fingerprint density at radius 1 is 1.33 bits per heavy atom. The number of hydrogen-bond acceptors (Lipinski definition) is 5. The number of nitrogens with zero attached hydrogens (tertiary/aromatic N) is 1. The molecule has 0 radical (unpaired) electrons. The van der Waals surface area contributed by atoms with Gasteiger partial charge in [0.1, 0.15) is 11.5 Å². The molecule has 1 atom stereocenters. The van der Waals surface area contributed by atoms with E-state index in [9.17, 15) is 9.59 Å². The largest absolute Gasteiger partial charge is 0.353 e. The van der Waals surface area contributed by atoms with Gasteiger partial charge in [0.05, 0.1) is 6.04 Å². The number of rotatable bonds is 4. The highest BCUT2D eigenvalue weighted by atomic mass is 16.2. The number of aromatic nitrogens is 2. The Balaban J connectivity index is 1.95. The number of hydrogen-bond donors (Lipinski definition) is 4. The number of H-pyrrole nitrogens is 2. The summed E-state index contributed by atoms with van der Waals surface area (Å²) < 4.78 is 0. The highest BCUT2D eigenvalue weighted by Crippen LogP contribution is 2.37. The highest BCUT2D eigenvalue weighted by Gasteiger charge is 2.31. The first-order chi connectivity index (χ1) is 11.5. The summed E-state index contributed by atoms with van der Waals surface area (Å²) in [5.41, 5.74) is 7.87. The smallest absolute Gasteiger partial charge is 0.325 e. The molecule has 7 nitrogen and oxygen atoms in total. The SMILES string of the molecule is CC1=C(Nc2c[nH]c(=O)[nH]c2=O)N(C)C(CN)C(C2CCCC2)=C1. The predicted molar refractivity (Wildman–Crippen MR) is 94.7 cm³/mol. The molecule has 2 heterocycles. The van der Waals surface area contributed by atoms with Crippen LogP contribution in [0.4, 0.5) is 5.69 Å². The van der Waals surface area contributed by atoms with E-state index in [4.69, 9.17) is 5.73 Å². The van der Waals surface area contributed by atoms with Gasteiger partial charge < -0.3 is 20.9 Å². The van der Waals surface area contributed by atoms with E-state index in [2.05, 4.69) is 26.3 Å². The van der Waals surface area contributed by atoms with E-state index in [1.165, 1.54) is 37.5 Å². The second kappa shape index (κ2) is 6.68. The van der Waals surface area contributed by atoms with Crippen molar-refractivity contribution in [3.05, 3.63) is 50.1 Å². The molecule has 24 heavy (non-hydrogen) atoms. The maximum Gasteiger partial charge on any atom is 0.325 e. The van der Waals surface area contributed by atoms with E-state index >= 15 is 0 Å². The van der Waals surface area contributed by atoms with Crippen LogP contribution in [0.25, 0.3) is 0 Å². The predicted octanol–water partition coefficient (Wildman–Crippen LogP) is 1.10. The fraction of sp³-hybridized carbons (Fsp3) is 0.529. The molecule has 1 aliphatic carbocycles. The van der Waals surface area contributed by atoms with Gasteiger partial charge in [-0.15, -0.1) is 0 Å². The molecule has 7 heteroatoms. The Morgan fingerprint density at radius 3 is 2.67 bits per heavy atom. The lowest BCUT2D eigenvalue weighted by Gasteiger charge is -2.39. The second-order valence-electron chi connectivity index (χ2n) is 6.63. The maximum absolute atomic E-state index is 11.9. The van der Waals surface area contributed by atoms with Crippen LogP contribution < -0.4 is 22.3 Å². The molecule has 1 aromatic heterocycles. The van der Waals surface area contributed by atoms with Gasteiger partial charge in [0.2, 0.25) is 0 Å². The van der Waals surface area contributed by atoms with Crippen LogP contribution in [0.15, 0.2) is 38.8 Å². The van der Waals surface area contributed by atoms with Gasteiger partial charge in [-0.2, -0.15) is 0 Å².